The Morgan fingerprint density at radius 2 is 1.84 bits per heavy atom. The van der Waals surface area contributed by atoms with Gasteiger partial charge in [0.1, 0.15) is 11.4 Å². The molecular formula is C14H19N3O2. The summed E-state index contributed by atoms with van der Waals surface area (Å²) in [5, 5.41) is 7.54. The maximum Gasteiger partial charge on any atom is 0.161 e. The minimum Gasteiger partial charge on any atom is -0.496 e. The number of ether oxygens (including phenoxy) is 2. The zero-order valence-corrected chi connectivity index (χ0v) is 11.7. The van der Waals surface area contributed by atoms with Gasteiger partial charge in [0.15, 0.2) is 5.75 Å². The number of para-hydroxylation sites is 1. The predicted octanol–water partition coefficient (Wildman–Crippen LogP) is 1.75. The third kappa shape index (κ3) is 2.42. The second kappa shape index (κ2) is 5.75. The summed E-state index contributed by atoms with van der Waals surface area (Å²) in [6.07, 6.45) is 1.72. The molecule has 5 nitrogen and oxygen atoms in total. The van der Waals surface area contributed by atoms with Gasteiger partial charge in [0, 0.05) is 12.6 Å². The normalized spacial score (nSPS) is 12.2. The summed E-state index contributed by atoms with van der Waals surface area (Å²) in [7, 11) is 7.13. The number of methoxy groups -OCH3 is 2. The van der Waals surface area contributed by atoms with Crippen molar-refractivity contribution < 1.29 is 9.47 Å². The monoisotopic (exact) mass is 261 g/mol. The fourth-order valence-electron chi connectivity index (χ4n) is 2.26. The van der Waals surface area contributed by atoms with E-state index in [0.29, 0.717) is 0 Å². The van der Waals surface area contributed by atoms with Crippen LogP contribution in [0.5, 0.6) is 11.5 Å². The summed E-state index contributed by atoms with van der Waals surface area (Å²) in [4.78, 5) is 0. The Hall–Kier alpha value is -2.01. The van der Waals surface area contributed by atoms with E-state index in [9.17, 15) is 0 Å². The summed E-state index contributed by atoms with van der Waals surface area (Å²) < 4.78 is 12.6. The van der Waals surface area contributed by atoms with Crippen LogP contribution >= 0.6 is 0 Å². The fourth-order valence-corrected chi connectivity index (χ4v) is 2.26. The van der Waals surface area contributed by atoms with Gasteiger partial charge in [-0.25, -0.2) is 0 Å². The van der Waals surface area contributed by atoms with Gasteiger partial charge in [0.25, 0.3) is 0 Å². The zero-order valence-electron chi connectivity index (χ0n) is 11.7. The number of rotatable bonds is 5. The van der Waals surface area contributed by atoms with Gasteiger partial charge in [-0.3, -0.25) is 4.68 Å². The first kappa shape index (κ1) is 13.4. The molecule has 1 unspecified atom stereocenters. The molecule has 0 saturated heterocycles. The lowest BCUT2D eigenvalue weighted by Crippen LogP contribution is -2.21. The molecule has 5 heteroatoms. The second-order valence-corrected chi connectivity index (χ2v) is 4.19. The Bertz CT molecular complexity index is 551. The molecule has 0 radical (unpaired) electrons. The Morgan fingerprint density at radius 3 is 2.47 bits per heavy atom. The van der Waals surface area contributed by atoms with Crippen molar-refractivity contribution in [3.8, 4) is 11.5 Å². The van der Waals surface area contributed by atoms with Crippen LogP contribution in [0.25, 0.3) is 0 Å². The van der Waals surface area contributed by atoms with Gasteiger partial charge in [0.2, 0.25) is 0 Å². The molecule has 1 atom stereocenters. The lowest BCUT2D eigenvalue weighted by Gasteiger charge is -2.20. The molecule has 0 amide bonds. The van der Waals surface area contributed by atoms with E-state index in [1.807, 2.05) is 43.0 Å². The van der Waals surface area contributed by atoms with Gasteiger partial charge in [-0.1, -0.05) is 18.2 Å². The number of hydrogen-bond donors (Lipinski definition) is 1. The summed E-state index contributed by atoms with van der Waals surface area (Å²) >= 11 is 0. The molecule has 0 aliphatic heterocycles. The van der Waals surface area contributed by atoms with Gasteiger partial charge >= 0.3 is 0 Å². The van der Waals surface area contributed by atoms with E-state index in [-0.39, 0.29) is 6.04 Å². The third-order valence-electron chi connectivity index (χ3n) is 3.18. The second-order valence-electron chi connectivity index (χ2n) is 4.19. The highest BCUT2D eigenvalue weighted by molar-refractivity contribution is 5.43. The number of benzene rings is 1. The van der Waals surface area contributed by atoms with Crippen molar-refractivity contribution in [3.05, 3.63) is 41.7 Å². The molecule has 0 aliphatic carbocycles. The summed E-state index contributed by atoms with van der Waals surface area (Å²) in [6, 6.07) is 7.88. The first-order valence-corrected chi connectivity index (χ1v) is 6.09. The Labute approximate surface area is 113 Å². The largest absolute Gasteiger partial charge is 0.496 e. The number of hydrogen-bond acceptors (Lipinski definition) is 4. The van der Waals surface area contributed by atoms with Gasteiger partial charge in [0.05, 0.1) is 26.5 Å². The van der Waals surface area contributed by atoms with Crippen molar-refractivity contribution >= 4 is 0 Å². The van der Waals surface area contributed by atoms with Crippen molar-refractivity contribution in [1.82, 2.24) is 15.1 Å². The van der Waals surface area contributed by atoms with Crippen LogP contribution in [0, 0.1) is 0 Å². The van der Waals surface area contributed by atoms with Crippen LogP contribution in [0.3, 0.4) is 0 Å². The van der Waals surface area contributed by atoms with Gasteiger partial charge in [-0.15, -0.1) is 0 Å². The highest BCUT2D eigenvalue weighted by atomic mass is 16.5. The molecule has 0 bridgehead atoms. The lowest BCUT2D eigenvalue weighted by atomic mass is 10.0. The smallest absolute Gasteiger partial charge is 0.161 e. The maximum absolute atomic E-state index is 5.43. The number of aryl methyl sites for hydroxylation is 1. The van der Waals surface area contributed by atoms with Crippen LogP contribution in [-0.4, -0.2) is 31.0 Å². The van der Waals surface area contributed by atoms with Crippen LogP contribution in [0.4, 0.5) is 0 Å². The van der Waals surface area contributed by atoms with E-state index in [1.54, 1.807) is 20.4 Å². The lowest BCUT2D eigenvalue weighted by molar-refractivity contribution is 0.392. The molecule has 2 aromatic rings. The standard InChI is InChI=1S/C14H19N3O2/c1-15-13(10-7-5-6-8-11(10)18-3)14-12(19-4)9-16-17(14)2/h5-9,13,15H,1-4H3. The van der Waals surface area contributed by atoms with E-state index >= 15 is 0 Å². The Morgan fingerprint density at radius 1 is 1.16 bits per heavy atom. The van der Waals surface area contributed by atoms with Gasteiger partial charge in [-0.05, 0) is 13.1 Å². The summed E-state index contributed by atoms with van der Waals surface area (Å²) in [5.41, 5.74) is 2.02. The van der Waals surface area contributed by atoms with Crippen molar-refractivity contribution in [2.75, 3.05) is 21.3 Å². The molecule has 1 aromatic heterocycles. The van der Waals surface area contributed by atoms with E-state index in [0.717, 1.165) is 22.8 Å². The highest BCUT2D eigenvalue weighted by Gasteiger charge is 2.23. The number of nitrogens with one attached hydrogen (secondary N) is 1. The number of aromatic nitrogens is 2. The molecule has 19 heavy (non-hydrogen) atoms. The molecule has 0 fully saturated rings. The van der Waals surface area contributed by atoms with E-state index in [1.165, 1.54) is 0 Å². The number of nitrogens with zero attached hydrogens (tertiary/aromatic N) is 2. The van der Waals surface area contributed by atoms with E-state index in [2.05, 4.69) is 10.4 Å². The third-order valence-corrected chi connectivity index (χ3v) is 3.18. The van der Waals surface area contributed by atoms with Crippen LogP contribution in [0.15, 0.2) is 30.5 Å². The maximum atomic E-state index is 5.43. The average molecular weight is 261 g/mol. The molecule has 1 aromatic carbocycles. The van der Waals surface area contributed by atoms with Crippen molar-refractivity contribution in [2.24, 2.45) is 7.05 Å². The molecule has 1 heterocycles. The Kier molecular flexibility index (Phi) is 4.06. The van der Waals surface area contributed by atoms with Gasteiger partial charge in [-0.2, -0.15) is 5.10 Å². The van der Waals surface area contributed by atoms with Crippen molar-refractivity contribution in [3.63, 3.8) is 0 Å². The van der Waals surface area contributed by atoms with Crippen molar-refractivity contribution in [1.29, 1.82) is 0 Å². The predicted molar refractivity (Wildman–Crippen MR) is 73.7 cm³/mol. The first-order valence-electron chi connectivity index (χ1n) is 6.09. The van der Waals surface area contributed by atoms with Crippen LogP contribution in [-0.2, 0) is 7.05 Å². The molecule has 0 spiro atoms. The molecule has 102 valence electrons. The molecule has 0 aliphatic rings. The SMILES string of the molecule is CNC(c1ccccc1OC)c1c(OC)cnn1C. The minimum atomic E-state index is -0.0430. The molecular weight excluding hydrogens is 242 g/mol. The van der Waals surface area contributed by atoms with Gasteiger partial charge < -0.3 is 14.8 Å². The van der Waals surface area contributed by atoms with Crippen LogP contribution in [0.1, 0.15) is 17.3 Å². The minimum absolute atomic E-state index is 0.0430. The van der Waals surface area contributed by atoms with E-state index in [4.69, 9.17) is 9.47 Å². The molecule has 2 rings (SSSR count). The summed E-state index contributed by atoms with van der Waals surface area (Å²) in [5.74, 6) is 1.60. The zero-order chi connectivity index (χ0) is 13.8. The highest BCUT2D eigenvalue weighted by Crippen LogP contribution is 2.33. The van der Waals surface area contributed by atoms with Crippen LogP contribution in [0.2, 0.25) is 0 Å². The average Bonchev–Trinajstić information content (AvgIpc) is 2.82. The summed E-state index contributed by atoms with van der Waals surface area (Å²) in [6.45, 7) is 0. The topological polar surface area (TPSA) is 48.3 Å². The molecule has 0 saturated carbocycles. The molecule has 1 N–H and O–H groups in total. The van der Waals surface area contributed by atoms with Crippen molar-refractivity contribution in [2.45, 2.75) is 6.04 Å². The van der Waals surface area contributed by atoms with E-state index < -0.39 is 0 Å². The quantitative estimate of drug-likeness (QED) is 0.890. The van der Waals surface area contributed by atoms with Crippen LogP contribution < -0.4 is 14.8 Å². The fraction of sp³-hybridized carbons (Fsp3) is 0.357. The first-order chi connectivity index (χ1) is 9.22. The Balaban J connectivity index is 2.53.